The first-order chi connectivity index (χ1) is 6.94. The molecule has 0 spiro atoms. The second-order valence-electron chi connectivity index (χ2n) is 2.68. The first-order valence-electron chi connectivity index (χ1n) is 4.11. The number of benzene rings is 1. The van der Waals surface area contributed by atoms with Crippen LogP contribution in [0.4, 0.5) is 5.69 Å². The van der Waals surface area contributed by atoms with Gasteiger partial charge in [0.05, 0.1) is 16.7 Å². The molecule has 0 amide bonds. The van der Waals surface area contributed by atoms with E-state index in [0.717, 1.165) is 6.07 Å². The van der Waals surface area contributed by atoms with Crippen molar-refractivity contribution in [3.63, 3.8) is 0 Å². The van der Waals surface area contributed by atoms with Crippen LogP contribution in [0.1, 0.15) is 6.92 Å². The van der Waals surface area contributed by atoms with Crippen molar-refractivity contribution in [2.45, 2.75) is 6.92 Å². The molecule has 7 heteroatoms. The number of rotatable bonds is 4. The lowest BCUT2D eigenvalue weighted by Crippen LogP contribution is -2.11. The van der Waals surface area contributed by atoms with Crippen LogP contribution in [-0.4, -0.2) is 19.1 Å². The van der Waals surface area contributed by atoms with Gasteiger partial charge < -0.3 is 4.18 Å². The molecule has 0 atom stereocenters. The van der Waals surface area contributed by atoms with Gasteiger partial charge in [0.15, 0.2) is 0 Å². The molecule has 0 saturated heterocycles. The van der Waals surface area contributed by atoms with Crippen molar-refractivity contribution in [1.82, 2.24) is 0 Å². The van der Waals surface area contributed by atoms with Gasteiger partial charge in [0, 0.05) is 6.07 Å². The lowest BCUT2D eigenvalue weighted by atomic mass is 10.3. The zero-order valence-electron chi connectivity index (χ0n) is 7.91. The molecule has 1 aromatic rings. The summed E-state index contributed by atoms with van der Waals surface area (Å²) in [5.41, 5.74) is -0.209. The van der Waals surface area contributed by atoms with Crippen LogP contribution in [0.3, 0.4) is 0 Å². The van der Waals surface area contributed by atoms with Gasteiger partial charge in [-0.25, -0.2) is 0 Å². The second kappa shape index (κ2) is 4.26. The predicted octanol–water partition coefficient (Wildman–Crippen LogP) is 1.32. The van der Waals surface area contributed by atoms with E-state index in [1.54, 1.807) is 0 Å². The Hall–Kier alpha value is -1.63. The van der Waals surface area contributed by atoms with E-state index in [1.165, 1.54) is 25.1 Å². The van der Waals surface area contributed by atoms with E-state index >= 15 is 0 Å². The summed E-state index contributed by atoms with van der Waals surface area (Å²) in [6.45, 7) is 1.42. The Morgan fingerprint density at radius 2 is 2.13 bits per heavy atom. The van der Waals surface area contributed by atoms with Crippen molar-refractivity contribution in [3.05, 3.63) is 34.4 Å². The second-order valence-corrected chi connectivity index (χ2v) is 4.54. The minimum atomic E-state index is -3.64. The van der Waals surface area contributed by atoms with E-state index in [0.29, 0.717) is 0 Å². The van der Waals surface area contributed by atoms with Crippen molar-refractivity contribution in [1.29, 1.82) is 0 Å². The zero-order valence-corrected chi connectivity index (χ0v) is 8.73. The summed E-state index contributed by atoms with van der Waals surface area (Å²) in [5.74, 6) is -0.235. The highest BCUT2D eigenvalue weighted by Gasteiger charge is 2.12. The SMILES string of the molecule is CCS(=O)(=O)Oc1cccc([N+](=O)[O-])c1. The van der Waals surface area contributed by atoms with Gasteiger partial charge in [-0.3, -0.25) is 10.1 Å². The highest BCUT2D eigenvalue weighted by molar-refractivity contribution is 7.87. The first kappa shape index (κ1) is 11.4. The molecule has 0 heterocycles. The van der Waals surface area contributed by atoms with Gasteiger partial charge in [-0.2, -0.15) is 8.42 Å². The van der Waals surface area contributed by atoms with E-state index in [-0.39, 0.29) is 17.2 Å². The standard InChI is InChI=1S/C8H9NO5S/c1-2-15(12,13)14-8-5-3-4-7(6-8)9(10)11/h3-6H,2H2,1H3. The van der Waals surface area contributed by atoms with Crippen LogP contribution >= 0.6 is 0 Å². The smallest absolute Gasteiger partial charge is 0.308 e. The number of nitrogens with zero attached hydrogens (tertiary/aromatic N) is 1. The van der Waals surface area contributed by atoms with Gasteiger partial charge in [-0.1, -0.05) is 6.07 Å². The fourth-order valence-electron chi connectivity index (χ4n) is 0.854. The molecule has 15 heavy (non-hydrogen) atoms. The lowest BCUT2D eigenvalue weighted by Gasteiger charge is -2.03. The fourth-order valence-corrected chi connectivity index (χ4v) is 1.37. The Morgan fingerprint density at radius 1 is 1.47 bits per heavy atom. The Kier molecular flexibility index (Phi) is 3.25. The van der Waals surface area contributed by atoms with Gasteiger partial charge in [0.1, 0.15) is 5.75 Å². The number of hydrogen-bond acceptors (Lipinski definition) is 5. The van der Waals surface area contributed by atoms with Crippen LogP contribution in [0.15, 0.2) is 24.3 Å². The van der Waals surface area contributed by atoms with Gasteiger partial charge in [-0.05, 0) is 13.0 Å². The normalized spacial score (nSPS) is 11.0. The first-order valence-corrected chi connectivity index (χ1v) is 5.69. The van der Waals surface area contributed by atoms with Crippen molar-refractivity contribution >= 4 is 15.8 Å². The maximum absolute atomic E-state index is 11.1. The number of non-ortho nitro benzene ring substituents is 1. The highest BCUT2D eigenvalue weighted by atomic mass is 32.2. The Balaban J connectivity index is 2.97. The van der Waals surface area contributed by atoms with Crippen LogP contribution in [0.2, 0.25) is 0 Å². The highest BCUT2D eigenvalue weighted by Crippen LogP contribution is 2.20. The number of nitro benzene ring substituents is 1. The monoisotopic (exact) mass is 231 g/mol. The van der Waals surface area contributed by atoms with E-state index < -0.39 is 15.0 Å². The van der Waals surface area contributed by atoms with Gasteiger partial charge in [0.2, 0.25) is 0 Å². The lowest BCUT2D eigenvalue weighted by molar-refractivity contribution is -0.384. The van der Waals surface area contributed by atoms with Crippen molar-refractivity contribution < 1.29 is 17.5 Å². The molecular formula is C8H9NO5S. The minimum absolute atomic E-state index is 0.0500. The molecule has 0 saturated carbocycles. The summed E-state index contributed by atoms with van der Waals surface area (Å²) < 4.78 is 26.7. The van der Waals surface area contributed by atoms with Crippen LogP contribution in [0, 0.1) is 10.1 Å². The third kappa shape index (κ3) is 3.21. The average molecular weight is 231 g/mol. The summed E-state index contributed by atoms with van der Waals surface area (Å²) in [4.78, 5) is 9.77. The molecule has 0 aliphatic rings. The van der Waals surface area contributed by atoms with Crippen LogP contribution < -0.4 is 4.18 Å². The largest absolute Gasteiger partial charge is 0.382 e. The molecule has 0 aliphatic heterocycles. The summed E-state index contributed by atoms with van der Waals surface area (Å²) >= 11 is 0. The quantitative estimate of drug-likeness (QED) is 0.443. The fraction of sp³-hybridized carbons (Fsp3) is 0.250. The third-order valence-corrected chi connectivity index (χ3v) is 2.76. The third-order valence-electron chi connectivity index (χ3n) is 1.61. The maximum atomic E-state index is 11.1. The Labute approximate surface area is 86.8 Å². The Bertz CT molecular complexity index is 468. The van der Waals surface area contributed by atoms with Crippen LogP contribution in [0.25, 0.3) is 0 Å². The van der Waals surface area contributed by atoms with E-state index in [9.17, 15) is 18.5 Å². The Morgan fingerprint density at radius 3 is 2.67 bits per heavy atom. The van der Waals surface area contributed by atoms with Crippen LogP contribution in [0.5, 0.6) is 5.75 Å². The summed E-state index contributed by atoms with van der Waals surface area (Å²) in [5, 5.41) is 10.4. The maximum Gasteiger partial charge on any atom is 0.308 e. The van der Waals surface area contributed by atoms with Crippen LogP contribution in [-0.2, 0) is 10.1 Å². The summed E-state index contributed by atoms with van der Waals surface area (Å²) in [7, 11) is -3.64. The molecule has 0 radical (unpaired) electrons. The molecule has 0 aliphatic carbocycles. The molecule has 6 nitrogen and oxygen atoms in total. The average Bonchev–Trinajstić information content (AvgIpc) is 2.17. The van der Waals surface area contributed by atoms with Gasteiger partial charge in [0.25, 0.3) is 5.69 Å². The summed E-state index contributed by atoms with van der Waals surface area (Å²) in [6.07, 6.45) is 0. The van der Waals surface area contributed by atoms with E-state index in [1.807, 2.05) is 0 Å². The number of nitro groups is 1. The molecule has 0 unspecified atom stereocenters. The van der Waals surface area contributed by atoms with Crippen molar-refractivity contribution in [3.8, 4) is 5.75 Å². The molecule has 82 valence electrons. The number of hydrogen-bond donors (Lipinski definition) is 0. The molecule has 0 fully saturated rings. The van der Waals surface area contributed by atoms with E-state index in [4.69, 9.17) is 0 Å². The molecule has 1 rings (SSSR count). The molecule has 0 aromatic heterocycles. The van der Waals surface area contributed by atoms with E-state index in [2.05, 4.69) is 4.18 Å². The molecule has 1 aromatic carbocycles. The molecule has 0 N–H and O–H groups in total. The topological polar surface area (TPSA) is 86.5 Å². The molecule has 0 bridgehead atoms. The van der Waals surface area contributed by atoms with Crippen molar-refractivity contribution in [2.75, 3.05) is 5.75 Å². The van der Waals surface area contributed by atoms with Crippen molar-refractivity contribution in [2.24, 2.45) is 0 Å². The van der Waals surface area contributed by atoms with Gasteiger partial charge >= 0.3 is 10.1 Å². The molecular weight excluding hydrogens is 222 g/mol. The summed E-state index contributed by atoms with van der Waals surface area (Å²) in [6, 6.07) is 5.03. The zero-order chi connectivity index (χ0) is 11.5. The minimum Gasteiger partial charge on any atom is -0.382 e. The predicted molar refractivity (Wildman–Crippen MR) is 53.2 cm³/mol. The van der Waals surface area contributed by atoms with Gasteiger partial charge in [-0.15, -0.1) is 0 Å².